The maximum Gasteiger partial charge on any atom is 0.273 e. The Labute approximate surface area is 148 Å². The molecule has 3 atom stereocenters. The number of H-pyrrole nitrogens is 1. The molecule has 2 aliphatic rings. The van der Waals surface area contributed by atoms with E-state index in [9.17, 15) is 8.42 Å². The molecule has 0 unspecified atom stereocenters. The van der Waals surface area contributed by atoms with E-state index in [2.05, 4.69) is 14.9 Å². The maximum absolute atomic E-state index is 12.6. The molecule has 2 aliphatic carbocycles. The molecule has 0 saturated heterocycles. The lowest BCUT2D eigenvalue weighted by Crippen LogP contribution is -2.30. The quantitative estimate of drug-likeness (QED) is 0.852. The second-order valence-corrected chi connectivity index (χ2v) is 9.18. The monoisotopic (exact) mass is 363 g/mol. The number of hydrogen-bond acceptors (Lipinski definition) is 4. The first-order valence-electron chi connectivity index (χ1n) is 9.07. The zero-order chi connectivity index (χ0) is 17.6. The summed E-state index contributed by atoms with van der Waals surface area (Å²) in [6.07, 6.45) is 6.24. The first-order valence-corrected chi connectivity index (χ1v) is 10.6. The van der Waals surface area contributed by atoms with Gasteiger partial charge in [-0.15, -0.1) is 0 Å². The summed E-state index contributed by atoms with van der Waals surface area (Å²) in [7, 11) is -3.62. The Balaban J connectivity index is 1.46. The highest BCUT2D eigenvalue weighted by Gasteiger charge is 2.39. The van der Waals surface area contributed by atoms with Crippen LogP contribution >= 0.6 is 0 Å². The van der Waals surface area contributed by atoms with Crippen molar-refractivity contribution in [2.45, 2.75) is 51.0 Å². The van der Waals surface area contributed by atoms with Crippen LogP contribution < -0.4 is 4.72 Å². The minimum absolute atomic E-state index is 0.0384. The van der Waals surface area contributed by atoms with Gasteiger partial charge in [-0.05, 0) is 63.0 Å². The van der Waals surface area contributed by atoms with Crippen LogP contribution in [0.2, 0.25) is 0 Å². The third-order valence-electron chi connectivity index (χ3n) is 6.10. The third kappa shape index (κ3) is 3.04. The average molecular weight is 363 g/mol. The molecule has 0 aromatic carbocycles. The Morgan fingerprint density at radius 1 is 1.24 bits per heavy atom. The summed E-state index contributed by atoms with van der Waals surface area (Å²) in [6.45, 7) is 4.37. The molecule has 25 heavy (non-hydrogen) atoms. The molecule has 0 aliphatic heterocycles. The largest absolute Gasteiger partial charge is 0.442 e. The number of rotatable bonds is 5. The van der Waals surface area contributed by atoms with Crippen molar-refractivity contribution < 1.29 is 12.8 Å². The molecule has 7 heteroatoms. The highest BCUT2D eigenvalue weighted by atomic mass is 32.2. The van der Waals surface area contributed by atoms with Gasteiger partial charge in [0.05, 0.1) is 0 Å². The van der Waals surface area contributed by atoms with E-state index < -0.39 is 10.0 Å². The van der Waals surface area contributed by atoms with Crippen molar-refractivity contribution >= 4 is 10.0 Å². The van der Waals surface area contributed by atoms with E-state index in [1.54, 1.807) is 6.07 Å². The fourth-order valence-electron chi connectivity index (χ4n) is 4.54. The zero-order valence-electron chi connectivity index (χ0n) is 14.7. The van der Waals surface area contributed by atoms with Gasteiger partial charge >= 0.3 is 0 Å². The topological polar surface area (TPSA) is 88.0 Å². The predicted molar refractivity (Wildman–Crippen MR) is 94.5 cm³/mol. The average Bonchev–Trinajstić information content (AvgIpc) is 3.32. The van der Waals surface area contributed by atoms with Crippen LogP contribution in [-0.2, 0) is 10.0 Å². The predicted octanol–water partition coefficient (Wildman–Crippen LogP) is 3.39. The lowest BCUT2D eigenvalue weighted by Gasteiger charge is -2.18. The van der Waals surface area contributed by atoms with E-state index in [4.69, 9.17) is 4.42 Å². The molecule has 0 radical (unpaired) electrons. The SMILES string of the molecule is Cc1[nH]nc(-c2ccc(S(=O)(=O)NC[C@H]3CC[C@@H]4CCC[C@@H]43)o2)c1C. The highest BCUT2D eigenvalue weighted by Crippen LogP contribution is 2.47. The van der Waals surface area contributed by atoms with Crippen LogP contribution in [0.15, 0.2) is 21.6 Å². The summed E-state index contributed by atoms with van der Waals surface area (Å²) >= 11 is 0. The minimum Gasteiger partial charge on any atom is -0.442 e. The Hall–Kier alpha value is -1.60. The Bertz CT molecular complexity index is 868. The second kappa shape index (κ2) is 6.29. The third-order valence-corrected chi connectivity index (χ3v) is 7.40. The number of hydrogen-bond donors (Lipinski definition) is 2. The molecule has 0 bridgehead atoms. The normalized spacial score (nSPS) is 26.2. The van der Waals surface area contributed by atoms with E-state index in [0.29, 0.717) is 29.8 Å². The van der Waals surface area contributed by atoms with Gasteiger partial charge in [-0.1, -0.05) is 12.8 Å². The Kier molecular flexibility index (Phi) is 4.24. The summed E-state index contributed by atoms with van der Waals surface area (Å²) in [5, 5.41) is 7.05. The first kappa shape index (κ1) is 16.8. The van der Waals surface area contributed by atoms with Gasteiger partial charge in [-0.25, -0.2) is 13.1 Å². The number of furan rings is 1. The van der Waals surface area contributed by atoms with Crippen molar-refractivity contribution in [3.05, 3.63) is 23.4 Å². The van der Waals surface area contributed by atoms with E-state index in [1.807, 2.05) is 13.8 Å². The number of aryl methyl sites for hydroxylation is 1. The van der Waals surface area contributed by atoms with Gasteiger partial charge in [0, 0.05) is 17.8 Å². The molecule has 0 amide bonds. The van der Waals surface area contributed by atoms with Gasteiger partial charge in [0.1, 0.15) is 5.69 Å². The summed E-state index contributed by atoms with van der Waals surface area (Å²) in [5.41, 5.74) is 2.56. The van der Waals surface area contributed by atoms with Crippen molar-refractivity contribution in [1.29, 1.82) is 0 Å². The molecule has 2 heterocycles. The number of aromatic nitrogens is 2. The Morgan fingerprint density at radius 3 is 2.84 bits per heavy atom. The number of sulfonamides is 1. The molecule has 136 valence electrons. The van der Waals surface area contributed by atoms with Crippen molar-refractivity contribution in [1.82, 2.24) is 14.9 Å². The van der Waals surface area contributed by atoms with E-state index in [-0.39, 0.29) is 5.09 Å². The molecule has 4 rings (SSSR count). The smallest absolute Gasteiger partial charge is 0.273 e. The number of fused-ring (bicyclic) bond motifs is 1. The standard InChI is InChI=1S/C18H25N3O3S/c1-11-12(2)20-21-18(11)16-8-9-17(24-16)25(22,23)19-10-14-7-6-13-4-3-5-15(13)14/h8-9,13-15,19H,3-7,10H2,1-2H3,(H,20,21)/t13-,14+,15-/m0/s1. The fraction of sp³-hybridized carbons (Fsp3) is 0.611. The van der Waals surface area contributed by atoms with Crippen LogP contribution in [0.5, 0.6) is 0 Å². The highest BCUT2D eigenvalue weighted by molar-refractivity contribution is 7.89. The first-order chi connectivity index (χ1) is 12.0. The molecule has 6 nitrogen and oxygen atoms in total. The number of nitrogens with one attached hydrogen (secondary N) is 2. The molecule has 2 aromatic rings. The summed E-state index contributed by atoms with van der Waals surface area (Å²) in [6, 6.07) is 3.17. The fourth-order valence-corrected chi connectivity index (χ4v) is 5.57. The van der Waals surface area contributed by atoms with Crippen molar-refractivity contribution in [3.8, 4) is 11.5 Å². The lowest BCUT2D eigenvalue weighted by atomic mass is 9.92. The van der Waals surface area contributed by atoms with Gasteiger partial charge in [0.2, 0.25) is 5.09 Å². The van der Waals surface area contributed by atoms with E-state index >= 15 is 0 Å². The summed E-state index contributed by atoms with van der Waals surface area (Å²) < 4.78 is 33.5. The molecular formula is C18H25N3O3S. The lowest BCUT2D eigenvalue weighted by molar-refractivity contribution is 0.350. The molecule has 2 fully saturated rings. The Morgan fingerprint density at radius 2 is 2.08 bits per heavy atom. The van der Waals surface area contributed by atoms with Crippen LogP contribution in [0.25, 0.3) is 11.5 Å². The van der Waals surface area contributed by atoms with E-state index in [0.717, 1.165) is 23.6 Å². The summed E-state index contributed by atoms with van der Waals surface area (Å²) in [5.74, 6) is 2.45. The van der Waals surface area contributed by atoms with Gasteiger partial charge in [0.25, 0.3) is 10.0 Å². The molecule has 2 saturated carbocycles. The minimum atomic E-state index is -3.62. The van der Waals surface area contributed by atoms with E-state index in [1.165, 1.54) is 31.7 Å². The van der Waals surface area contributed by atoms with Gasteiger partial charge in [-0.2, -0.15) is 5.10 Å². The molecular weight excluding hydrogens is 338 g/mol. The molecule has 2 N–H and O–H groups in total. The van der Waals surface area contributed by atoms with Gasteiger partial charge in [0.15, 0.2) is 5.76 Å². The zero-order valence-corrected chi connectivity index (χ0v) is 15.5. The van der Waals surface area contributed by atoms with Gasteiger partial charge in [-0.3, -0.25) is 5.10 Å². The van der Waals surface area contributed by atoms with Crippen LogP contribution in [0.3, 0.4) is 0 Å². The van der Waals surface area contributed by atoms with Crippen LogP contribution in [0, 0.1) is 31.6 Å². The number of aromatic amines is 1. The van der Waals surface area contributed by atoms with Crippen molar-refractivity contribution in [2.24, 2.45) is 17.8 Å². The van der Waals surface area contributed by atoms with Crippen LogP contribution in [-0.4, -0.2) is 25.2 Å². The second-order valence-electron chi connectivity index (χ2n) is 7.49. The molecule has 0 spiro atoms. The number of nitrogens with zero attached hydrogens (tertiary/aromatic N) is 1. The van der Waals surface area contributed by atoms with Crippen LogP contribution in [0.1, 0.15) is 43.4 Å². The maximum atomic E-state index is 12.6. The summed E-state index contributed by atoms with van der Waals surface area (Å²) in [4.78, 5) is 0. The van der Waals surface area contributed by atoms with Crippen LogP contribution in [0.4, 0.5) is 0 Å². The molecule has 2 aromatic heterocycles. The van der Waals surface area contributed by atoms with Crippen molar-refractivity contribution in [3.63, 3.8) is 0 Å². The van der Waals surface area contributed by atoms with Crippen molar-refractivity contribution in [2.75, 3.05) is 6.54 Å². The van der Waals surface area contributed by atoms with Gasteiger partial charge < -0.3 is 4.42 Å².